The summed E-state index contributed by atoms with van der Waals surface area (Å²) >= 11 is 0. The van der Waals surface area contributed by atoms with Crippen LogP contribution in [-0.2, 0) is 0 Å². The van der Waals surface area contributed by atoms with E-state index in [9.17, 15) is 4.79 Å². The second kappa shape index (κ2) is 3.35. The Hall–Kier alpha value is -1.70. The van der Waals surface area contributed by atoms with E-state index in [-0.39, 0.29) is 5.78 Å². The number of hydrogen-bond donors (Lipinski definition) is 0. The molecule has 0 saturated carbocycles. The van der Waals surface area contributed by atoms with Gasteiger partial charge in [-0.2, -0.15) is 0 Å². The minimum absolute atomic E-state index is 0.128. The van der Waals surface area contributed by atoms with E-state index in [1.165, 1.54) is 0 Å². The molecule has 64 valence electrons. The van der Waals surface area contributed by atoms with Crippen LogP contribution in [0.2, 0.25) is 0 Å². The lowest BCUT2D eigenvalue weighted by atomic mass is 10.0. The number of ketones is 1. The van der Waals surface area contributed by atoms with E-state index in [1.807, 2.05) is 30.3 Å². The van der Waals surface area contributed by atoms with Gasteiger partial charge in [-0.1, -0.05) is 24.3 Å². The number of carbonyl (C=O) groups is 1. The number of nitrogens with zero attached hydrogens (tertiary/aromatic N) is 1. The van der Waals surface area contributed by atoms with Crippen LogP contribution in [0.4, 0.5) is 0 Å². The summed E-state index contributed by atoms with van der Waals surface area (Å²) in [7, 11) is 0. The summed E-state index contributed by atoms with van der Waals surface area (Å²) < 4.78 is 0. The first-order valence-electron chi connectivity index (χ1n) is 4.18. The van der Waals surface area contributed by atoms with Gasteiger partial charge in [0.1, 0.15) is 0 Å². The van der Waals surface area contributed by atoms with Crippen molar-refractivity contribution in [3.05, 3.63) is 41.6 Å². The van der Waals surface area contributed by atoms with E-state index in [4.69, 9.17) is 0 Å². The first-order valence-corrected chi connectivity index (χ1v) is 4.18. The molecule has 0 unspecified atom stereocenters. The Morgan fingerprint density at radius 3 is 3.00 bits per heavy atom. The van der Waals surface area contributed by atoms with Crippen molar-refractivity contribution >= 4 is 18.1 Å². The molecule has 13 heavy (non-hydrogen) atoms. The van der Waals surface area contributed by atoms with Crippen LogP contribution >= 0.6 is 0 Å². The molecule has 1 aromatic carbocycles. The van der Waals surface area contributed by atoms with Crippen LogP contribution in [-0.4, -0.2) is 12.0 Å². The fraction of sp³-hybridized carbons (Fsp3) is 0.0909. The quantitative estimate of drug-likeness (QED) is 0.589. The molecule has 0 fully saturated rings. The van der Waals surface area contributed by atoms with Gasteiger partial charge in [-0.15, -0.1) is 0 Å². The first-order chi connectivity index (χ1) is 6.38. The highest BCUT2D eigenvalue weighted by Crippen LogP contribution is 2.14. The smallest absolute Gasteiger partial charge is 0.168 e. The molecule has 0 N–H and O–H groups in total. The number of benzene rings is 1. The summed E-state index contributed by atoms with van der Waals surface area (Å²) in [5, 5.41) is 0. The SMILES string of the molecule is O=C1CC=NC=Cc2ccccc21. The van der Waals surface area contributed by atoms with Crippen LogP contribution in [0.3, 0.4) is 0 Å². The fourth-order valence-electron chi connectivity index (χ4n) is 1.33. The summed E-state index contributed by atoms with van der Waals surface area (Å²) in [6.45, 7) is 0. The average Bonchev–Trinajstić information content (AvgIpc) is 2.14. The molecule has 0 radical (unpaired) electrons. The average molecular weight is 171 g/mol. The first kappa shape index (κ1) is 7.92. The van der Waals surface area contributed by atoms with Crippen molar-refractivity contribution in [2.75, 3.05) is 0 Å². The van der Waals surface area contributed by atoms with Crippen molar-refractivity contribution < 1.29 is 4.79 Å². The molecule has 0 aromatic heterocycles. The normalized spacial score (nSPS) is 14.9. The zero-order valence-electron chi connectivity index (χ0n) is 7.10. The van der Waals surface area contributed by atoms with E-state index in [2.05, 4.69) is 4.99 Å². The molecule has 0 saturated heterocycles. The molecule has 1 aromatic rings. The van der Waals surface area contributed by atoms with Crippen LogP contribution in [0, 0.1) is 0 Å². The molecular weight excluding hydrogens is 162 g/mol. The summed E-state index contributed by atoms with van der Waals surface area (Å²) in [4.78, 5) is 15.5. The van der Waals surface area contributed by atoms with Gasteiger partial charge in [0.25, 0.3) is 0 Å². The topological polar surface area (TPSA) is 29.4 Å². The third-order valence-corrected chi connectivity index (χ3v) is 1.98. The third-order valence-electron chi connectivity index (χ3n) is 1.98. The Morgan fingerprint density at radius 1 is 1.23 bits per heavy atom. The highest BCUT2D eigenvalue weighted by atomic mass is 16.1. The molecule has 2 rings (SSSR count). The molecule has 0 spiro atoms. The monoisotopic (exact) mass is 171 g/mol. The highest BCUT2D eigenvalue weighted by Gasteiger charge is 2.08. The van der Waals surface area contributed by atoms with E-state index in [0.29, 0.717) is 6.42 Å². The van der Waals surface area contributed by atoms with Gasteiger partial charge in [-0.05, 0) is 11.6 Å². The molecule has 0 aliphatic carbocycles. The zero-order valence-corrected chi connectivity index (χ0v) is 7.10. The van der Waals surface area contributed by atoms with Crippen molar-refractivity contribution in [1.29, 1.82) is 0 Å². The van der Waals surface area contributed by atoms with Crippen molar-refractivity contribution in [1.82, 2.24) is 0 Å². The molecule has 2 heteroatoms. The Morgan fingerprint density at radius 2 is 2.08 bits per heavy atom. The van der Waals surface area contributed by atoms with Crippen LogP contribution in [0.1, 0.15) is 22.3 Å². The number of hydrogen-bond acceptors (Lipinski definition) is 2. The highest BCUT2D eigenvalue weighted by molar-refractivity contribution is 6.06. The number of fused-ring (bicyclic) bond motifs is 1. The number of aliphatic imine (C=N–C) groups is 1. The predicted octanol–water partition coefficient (Wildman–Crippen LogP) is 2.31. The van der Waals surface area contributed by atoms with Crippen LogP contribution in [0.5, 0.6) is 0 Å². The molecule has 1 heterocycles. The third kappa shape index (κ3) is 1.56. The Bertz CT molecular complexity index is 391. The van der Waals surface area contributed by atoms with Gasteiger partial charge in [0, 0.05) is 24.4 Å². The Balaban J connectivity index is 2.55. The van der Waals surface area contributed by atoms with Gasteiger partial charge in [-0.25, -0.2) is 0 Å². The van der Waals surface area contributed by atoms with Crippen LogP contribution in [0.25, 0.3) is 6.08 Å². The summed E-state index contributed by atoms with van der Waals surface area (Å²) in [5.41, 5.74) is 1.73. The van der Waals surface area contributed by atoms with E-state index >= 15 is 0 Å². The lowest BCUT2D eigenvalue weighted by Gasteiger charge is -2.03. The molecular formula is C11H9NO. The van der Waals surface area contributed by atoms with Gasteiger partial charge in [0.05, 0.1) is 0 Å². The zero-order chi connectivity index (χ0) is 9.10. The standard InChI is InChI=1S/C11H9NO/c13-11-6-8-12-7-5-9-3-1-2-4-10(9)11/h1-5,7-8H,6H2. The minimum atomic E-state index is 0.128. The molecule has 1 aliphatic rings. The second-order valence-electron chi connectivity index (χ2n) is 2.86. The van der Waals surface area contributed by atoms with Gasteiger partial charge >= 0.3 is 0 Å². The van der Waals surface area contributed by atoms with Crippen LogP contribution < -0.4 is 0 Å². The molecule has 0 bridgehead atoms. The largest absolute Gasteiger partial charge is 0.294 e. The lowest BCUT2D eigenvalue weighted by Crippen LogP contribution is -2.02. The maximum Gasteiger partial charge on any atom is 0.168 e. The number of rotatable bonds is 0. The Kier molecular flexibility index (Phi) is 2.04. The Labute approximate surface area is 76.6 Å². The predicted molar refractivity (Wildman–Crippen MR) is 52.9 cm³/mol. The second-order valence-corrected chi connectivity index (χ2v) is 2.86. The lowest BCUT2D eigenvalue weighted by molar-refractivity contribution is 0.100. The van der Waals surface area contributed by atoms with E-state index in [0.717, 1.165) is 11.1 Å². The van der Waals surface area contributed by atoms with Gasteiger partial charge in [0.15, 0.2) is 5.78 Å². The van der Waals surface area contributed by atoms with Gasteiger partial charge in [0.2, 0.25) is 0 Å². The van der Waals surface area contributed by atoms with E-state index in [1.54, 1.807) is 12.4 Å². The van der Waals surface area contributed by atoms with Crippen molar-refractivity contribution in [3.8, 4) is 0 Å². The molecule has 2 nitrogen and oxygen atoms in total. The van der Waals surface area contributed by atoms with Crippen molar-refractivity contribution in [2.24, 2.45) is 4.99 Å². The van der Waals surface area contributed by atoms with Crippen molar-refractivity contribution in [3.63, 3.8) is 0 Å². The summed E-state index contributed by atoms with van der Waals surface area (Å²) in [6, 6.07) is 7.57. The number of carbonyl (C=O) groups excluding carboxylic acids is 1. The maximum absolute atomic E-state index is 11.5. The van der Waals surface area contributed by atoms with Gasteiger partial charge in [-0.3, -0.25) is 9.79 Å². The fourth-order valence-corrected chi connectivity index (χ4v) is 1.33. The summed E-state index contributed by atoms with van der Waals surface area (Å²) in [6.07, 6.45) is 5.59. The van der Waals surface area contributed by atoms with Crippen LogP contribution in [0.15, 0.2) is 35.5 Å². The number of Topliss-reactive ketones (excluding diaryl/α,β-unsaturated/α-hetero) is 1. The molecule has 0 amide bonds. The van der Waals surface area contributed by atoms with Crippen molar-refractivity contribution in [2.45, 2.75) is 6.42 Å². The molecule has 0 atom stereocenters. The van der Waals surface area contributed by atoms with E-state index < -0.39 is 0 Å². The van der Waals surface area contributed by atoms with Gasteiger partial charge < -0.3 is 0 Å². The summed E-state index contributed by atoms with van der Waals surface area (Å²) in [5.74, 6) is 0.128. The minimum Gasteiger partial charge on any atom is -0.294 e. The molecule has 1 aliphatic heterocycles. The maximum atomic E-state index is 11.5.